The van der Waals surface area contributed by atoms with Crippen LogP contribution < -0.4 is 0 Å². The molecule has 0 heterocycles. The molecule has 1 rings (SSSR count). The van der Waals surface area contributed by atoms with E-state index in [1.54, 1.807) is 6.08 Å². The van der Waals surface area contributed by atoms with Gasteiger partial charge in [-0.1, -0.05) is 36.9 Å². The van der Waals surface area contributed by atoms with Crippen molar-refractivity contribution in [1.29, 1.82) is 0 Å². The van der Waals surface area contributed by atoms with Gasteiger partial charge in [-0.25, -0.2) is 4.21 Å². The molecule has 0 aliphatic heterocycles. The van der Waals surface area contributed by atoms with E-state index >= 15 is 0 Å². The fourth-order valence-corrected chi connectivity index (χ4v) is 2.02. The normalized spacial score (nSPS) is 13.8. The van der Waals surface area contributed by atoms with E-state index in [1.165, 1.54) is 0 Å². The van der Waals surface area contributed by atoms with Crippen LogP contribution in [0.4, 0.5) is 0 Å². The Bertz CT molecular complexity index is 338. The van der Waals surface area contributed by atoms with Crippen molar-refractivity contribution >= 4 is 10.8 Å². The first-order valence-electron chi connectivity index (χ1n) is 4.05. The van der Waals surface area contributed by atoms with E-state index in [0.29, 0.717) is 0 Å². The van der Waals surface area contributed by atoms with Crippen LogP contribution >= 0.6 is 0 Å². The molecule has 0 amide bonds. The lowest BCUT2D eigenvalue weighted by atomic mass is 10.4. The molecule has 1 unspecified atom stereocenters. The van der Waals surface area contributed by atoms with Crippen molar-refractivity contribution in [3.8, 4) is 0 Å². The zero-order valence-corrected chi connectivity index (χ0v) is 8.38. The van der Waals surface area contributed by atoms with Gasteiger partial charge in [0.25, 0.3) is 0 Å². The van der Waals surface area contributed by atoms with Gasteiger partial charge in [-0.15, -0.1) is 0 Å². The zero-order valence-electron chi connectivity index (χ0n) is 7.57. The first kappa shape index (κ1) is 9.93. The van der Waals surface area contributed by atoms with E-state index in [9.17, 15) is 4.21 Å². The molecule has 13 heavy (non-hydrogen) atoms. The Balaban J connectivity index is 2.98. The summed E-state index contributed by atoms with van der Waals surface area (Å²) in [4.78, 5) is 1.57. The van der Waals surface area contributed by atoms with Crippen molar-refractivity contribution < 1.29 is 4.21 Å². The third kappa shape index (κ3) is 2.39. The molecule has 0 bridgehead atoms. The van der Waals surface area contributed by atoms with Crippen LogP contribution in [0.2, 0.25) is 0 Å². The topological polar surface area (TPSA) is 17.1 Å². The van der Waals surface area contributed by atoms with Gasteiger partial charge in [-0.05, 0) is 19.1 Å². The average Bonchev–Trinajstić information content (AvgIpc) is 2.21. The molecule has 0 aliphatic rings. The second-order valence-corrected chi connectivity index (χ2v) is 3.96. The molecule has 0 spiro atoms. The lowest BCUT2D eigenvalue weighted by Gasteiger charge is -2.00. The van der Waals surface area contributed by atoms with E-state index in [-0.39, 0.29) is 0 Å². The first-order chi connectivity index (χ1) is 6.29. The van der Waals surface area contributed by atoms with Crippen molar-refractivity contribution in [2.75, 3.05) is 0 Å². The summed E-state index contributed by atoms with van der Waals surface area (Å²) in [6.07, 6.45) is 3.44. The number of rotatable bonds is 3. The molecule has 1 nitrogen and oxygen atoms in total. The summed E-state index contributed by atoms with van der Waals surface area (Å²) in [5.41, 5.74) is 0. The van der Waals surface area contributed by atoms with Gasteiger partial charge in [0.1, 0.15) is 0 Å². The number of hydrogen-bond donors (Lipinski definition) is 0. The monoisotopic (exact) mass is 192 g/mol. The molecule has 0 saturated carbocycles. The van der Waals surface area contributed by atoms with Crippen LogP contribution in [0.5, 0.6) is 0 Å². The molecule has 0 aliphatic carbocycles. The predicted octanol–water partition coefficient (Wildman–Crippen LogP) is 2.88. The van der Waals surface area contributed by atoms with Crippen molar-refractivity contribution in [3.63, 3.8) is 0 Å². The van der Waals surface area contributed by atoms with Gasteiger partial charge in [0.05, 0.1) is 10.8 Å². The van der Waals surface area contributed by atoms with Crippen LogP contribution in [-0.2, 0) is 10.8 Å². The van der Waals surface area contributed by atoms with Crippen molar-refractivity contribution in [2.24, 2.45) is 0 Å². The quantitative estimate of drug-likeness (QED) is 0.673. The zero-order chi connectivity index (χ0) is 9.68. The summed E-state index contributed by atoms with van der Waals surface area (Å²) in [6.45, 7) is 5.48. The smallest absolute Gasteiger partial charge is 0.0845 e. The van der Waals surface area contributed by atoms with Crippen LogP contribution in [0.15, 0.2) is 58.9 Å². The molecule has 0 fully saturated rings. The standard InChI is InChI=1S/C11H12OS/c1-3-10(4-2)13(12)11-8-6-5-7-9-11/h3-9H,1H2,2H3/b10-4+. The molecule has 1 aromatic rings. The molecule has 2 heteroatoms. The molecule has 0 aromatic heterocycles. The molecular formula is C11H12OS. The fraction of sp³-hybridized carbons (Fsp3) is 0.0909. The second kappa shape index (κ2) is 4.77. The molecule has 0 radical (unpaired) electrons. The number of hydrogen-bond acceptors (Lipinski definition) is 1. The summed E-state index contributed by atoms with van der Waals surface area (Å²) in [5.74, 6) is 0. The van der Waals surface area contributed by atoms with Gasteiger partial charge in [0, 0.05) is 9.80 Å². The maximum atomic E-state index is 11.8. The molecule has 68 valence electrons. The van der Waals surface area contributed by atoms with Crippen LogP contribution in [0.1, 0.15) is 6.92 Å². The molecule has 1 atom stereocenters. The van der Waals surface area contributed by atoms with Crippen LogP contribution in [-0.4, -0.2) is 4.21 Å². The van der Waals surface area contributed by atoms with Crippen LogP contribution in [0.25, 0.3) is 0 Å². The minimum absolute atomic E-state index is 0.756. The maximum absolute atomic E-state index is 11.8. The van der Waals surface area contributed by atoms with Gasteiger partial charge in [-0.2, -0.15) is 0 Å². The third-order valence-corrected chi connectivity index (χ3v) is 3.19. The van der Waals surface area contributed by atoms with Crippen molar-refractivity contribution in [2.45, 2.75) is 11.8 Å². The average molecular weight is 192 g/mol. The van der Waals surface area contributed by atoms with E-state index in [2.05, 4.69) is 6.58 Å². The highest BCUT2D eigenvalue weighted by Crippen LogP contribution is 2.14. The highest BCUT2D eigenvalue weighted by Gasteiger charge is 2.04. The summed E-state index contributed by atoms with van der Waals surface area (Å²) in [7, 11) is -1.08. The minimum Gasteiger partial charge on any atom is -0.249 e. The molecule has 1 aromatic carbocycles. The Hall–Kier alpha value is -1.15. The third-order valence-electron chi connectivity index (χ3n) is 1.66. The number of allylic oxidation sites excluding steroid dienone is 2. The van der Waals surface area contributed by atoms with E-state index in [1.807, 2.05) is 43.3 Å². The highest BCUT2D eigenvalue weighted by atomic mass is 32.2. The van der Waals surface area contributed by atoms with Crippen LogP contribution in [0.3, 0.4) is 0 Å². The Kier molecular flexibility index (Phi) is 3.65. The van der Waals surface area contributed by atoms with Gasteiger partial charge >= 0.3 is 0 Å². The van der Waals surface area contributed by atoms with Gasteiger partial charge in [0.2, 0.25) is 0 Å². The lowest BCUT2D eigenvalue weighted by molar-refractivity contribution is 0.687. The molecular weight excluding hydrogens is 180 g/mol. The summed E-state index contributed by atoms with van der Waals surface area (Å²) >= 11 is 0. The van der Waals surface area contributed by atoms with Gasteiger partial charge < -0.3 is 0 Å². The minimum atomic E-state index is -1.08. The van der Waals surface area contributed by atoms with E-state index in [4.69, 9.17) is 0 Å². The predicted molar refractivity (Wildman–Crippen MR) is 56.8 cm³/mol. The van der Waals surface area contributed by atoms with Crippen molar-refractivity contribution in [1.82, 2.24) is 0 Å². The van der Waals surface area contributed by atoms with Crippen LogP contribution in [0, 0.1) is 0 Å². The summed E-state index contributed by atoms with van der Waals surface area (Å²) in [6, 6.07) is 9.36. The maximum Gasteiger partial charge on any atom is 0.0845 e. The lowest BCUT2D eigenvalue weighted by Crippen LogP contribution is -1.92. The Labute approximate surface area is 81.3 Å². The SMILES string of the molecule is C=C/C(=C\C)S(=O)c1ccccc1. The van der Waals surface area contributed by atoms with E-state index in [0.717, 1.165) is 9.80 Å². The first-order valence-corrected chi connectivity index (χ1v) is 5.20. The van der Waals surface area contributed by atoms with Crippen molar-refractivity contribution in [3.05, 3.63) is 54.0 Å². The largest absolute Gasteiger partial charge is 0.249 e. The second-order valence-electron chi connectivity index (χ2n) is 2.48. The van der Waals surface area contributed by atoms with E-state index < -0.39 is 10.8 Å². The number of benzene rings is 1. The van der Waals surface area contributed by atoms with Gasteiger partial charge in [0.15, 0.2) is 0 Å². The Morgan fingerprint density at radius 2 is 2.00 bits per heavy atom. The molecule has 0 saturated heterocycles. The molecule has 0 N–H and O–H groups in total. The summed E-state index contributed by atoms with van der Waals surface area (Å²) < 4.78 is 11.8. The van der Waals surface area contributed by atoms with Gasteiger partial charge in [-0.3, -0.25) is 0 Å². The Morgan fingerprint density at radius 1 is 1.38 bits per heavy atom. The Morgan fingerprint density at radius 3 is 2.46 bits per heavy atom. The highest BCUT2D eigenvalue weighted by molar-refractivity contribution is 7.89. The fourth-order valence-electron chi connectivity index (χ4n) is 0.981. The summed E-state index contributed by atoms with van der Waals surface area (Å²) in [5, 5.41) is 0.